The van der Waals surface area contributed by atoms with Crippen molar-refractivity contribution in [1.82, 2.24) is 15.6 Å². The molecule has 0 aliphatic carbocycles. The zero-order chi connectivity index (χ0) is 12.5. The fourth-order valence-electron chi connectivity index (χ4n) is 1.26. The van der Waals surface area contributed by atoms with Crippen molar-refractivity contribution in [2.45, 2.75) is 13.5 Å². The van der Waals surface area contributed by atoms with Crippen molar-refractivity contribution in [2.24, 2.45) is 0 Å². The number of amides is 1. The highest BCUT2D eigenvalue weighted by atomic mass is 16.5. The van der Waals surface area contributed by atoms with Crippen molar-refractivity contribution in [2.75, 3.05) is 26.8 Å². The van der Waals surface area contributed by atoms with Crippen LogP contribution in [0.5, 0.6) is 0 Å². The van der Waals surface area contributed by atoms with E-state index in [2.05, 4.69) is 15.6 Å². The van der Waals surface area contributed by atoms with E-state index < -0.39 is 0 Å². The molecule has 0 radical (unpaired) electrons. The molecule has 0 aromatic carbocycles. The van der Waals surface area contributed by atoms with Gasteiger partial charge >= 0.3 is 0 Å². The number of nitrogens with one attached hydrogen (secondary N) is 2. The summed E-state index contributed by atoms with van der Waals surface area (Å²) in [4.78, 5) is 15.5. The zero-order valence-electron chi connectivity index (χ0n) is 10.3. The third-order valence-electron chi connectivity index (χ3n) is 2.19. The van der Waals surface area contributed by atoms with Crippen LogP contribution in [-0.2, 0) is 16.1 Å². The summed E-state index contributed by atoms with van der Waals surface area (Å²) in [6, 6.07) is 3.95. The first-order valence-corrected chi connectivity index (χ1v) is 5.60. The zero-order valence-corrected chi connectivity index (χ0v) is 10.3. The van der Waals surface area contributed by atoms with Crippen molar-refractivity contribution in [3.8, 4) is 0 Å². The van der Waals surface area contributed by atoms with Gasteiger partial charge in [0.2, 0.25) is 5.91 Å². The van der Waals surface area contributed by atoms with Gasteiger partial charge in [0.25, 0.3) is 0 Å². The van der Waals surface area contributed by atoms with Crippen LogP contribution in [0.25, 0.3) is 0 Å². The lowest BCUT2D eigenvalue weighted by Gasteiger charge is -2.06. The molecular formula is C12H19N3O2. The number of carbonyl (C=O) groups excluding carboxylic acids is 1. The minimum atomic E-state index is -0.0332. The van der Waals surface area contributed by atoms with Crippen LogP contribution in [0.3, 0.4) is 0 Å². The molecule has 0 saturated carbocycles. The minimum Gasteiger partial charge on any atom is -0.383 e. The number of carbonyl (C=O) groups is 1. The number of aryl methyl sites for hydroxylation is 1. The molecular weight excluding hydrogens is 218 g/mol. The van der Waals surface area contributed by atoms with Crippen molar-refractivity contribution in [1.29, 1.82) is 0 Å². The van der Waals surface area contributed by atoms with Gasteiger partial charge in [-0.2, -0.15) is 0 Å². The fraction of sp³-hybridized carbons (Fsp3) is 0.500. The molecule has 5 nitrogen and oxygen atoms in total. The number of nitrogens with zero attached hydrogens (tertiary/aromatic N) is 1. The Morgan fingerprint density at radius 2 is 2.29 bits per heavy atom. The van der Waals surface area contributed by atoms with E-state index in [9.17, 15) is 4.79 Å². The van der Waals surface area contributed by atoms with Gasteiger partial charge in [-0.25, -0.2) is 0 Å². The Morgan fingerprint density at radius 3 is 2.94 bits per heavy atom. The van der Waals surface area contributed by atoms with E-state index in [1.807, 2.05) is 25.3 Å². The molecule has 0 aliphatic rings. The molecule has 0 fully saturated rings. The summed E-state index contributed by atoms with van der Waals surface area (Å²) in [5, 5.41) is 5.76. The highest BCUT2D eigenvalue weighted by molar-refractivity contribution is 5.77. The van der Waals surface area contributed by atoms with Crippen LogP contribution < -0.4 is 10.6 Å². The largest absolute Gasteiger partial charge is 0.383 e. The van der Waals surface area contributed by atoms with E-state index in [1.54, 1.807) is 7.11 Å². The Bertz CT molecular complexity index is 338. The molecule has 0 spiro atoms. The van der Waals surface area contributed by atoms with Gasteiger partial charge in [-0.15, -0.1) is 0 Å². The van der Waals surface area contributed by atoms with Crippen LogP contribution in [0, 0.1) is 6.92 Å². The first kappa shape index (κ1) is 13.6. The predicted octanol–water partition coefficient (Wildman–Crippen LogP) is 0.242. The molecule has 1 aromatic heterocycles. The van der Waals surface area contributed by atoms with Crippen LogP contribution in [0.1, 0.15) is 11.3 Å². The number of aromatic nitrogens is 1. The quantitative estimate of drug-likeness (QED) is 0.667. The number of pyridine rings is 1. The van der Waals surface area contributed by atoms with Crippen LogP contribution in [0.15, 0.2) is 18.3 Å². The van der Waals surface area contributed by atoms with Gasteiger partial charge < -0.3 is 15.4 Å². The van der Waals surface area contributed by atoms with E-state index in [0.717, 1.165) is 11.3 Å². The van der Waals surface area contributed by atoms with Crippen LogP contribution in [0.4, 0.5) is 0 Å². The molecule has 1 amide bonds. The molecule has 2 N–H and O–H groups in total. The van der Waals surface area contributed by atoms with Crippen molar-refractivity contribution >= 4 is 5.91 Å². The van der Waals surface area contributed by atoms with E-state index >= 15 is 0 Å². The normalized spacial score (nSPS) is 10.2. The second-order valence-electron chi connectivity index (χ2n) is 3.77. The van der Waals surface area contributed by atoms with Crippen molar-refractivity contribution < 1.29 is 9.53 Å². The van der Waals surface area contributed by atoms with E-state index in [1.165, 1.54) is 0 Å². The second-order valence-corrected chi connectivity index (χ2v) is 3.77. The summed E-state index contributed by atoms with van der Waals surface area (Å²) in [7, 11) is 1.60. The molecule has 0 aliphatic heterocycles. The van der Waals surface area contributed by atoms with E-state index in [-0.39, 0.29) is 5.91 Å². The topological polar surface area (TPSA) is 63.2 Å². The van der Waals surface area contributed by atoms with Gasteiger partial charge in [0.15, 0.2) is 0 Å². The highest BCUT2D eigenvalue weighted by Crippen LogP contribution is 1.97. The van der Waals surface area contributed by atoms with Gasteiger partial charge in [-0.3, -0.25) is 9.78 Å². The molecule has 94 valence electrons. The highest BCUT2D eigenvalue weighted by Gasteiger charge is 2.00. The summed E-state index contributed by atoms with van der Waals surface area (Å²) in [6.45, 7) is 3.95. The molecule has 0 bridgehead atoms. The molecule has 1 heterocycles. The smallest absolute Gasteiger partial charge is 0.234 e. The predicted molar refractivity (Wildman–Crippen MR) is 65.6 cm³/mol. The molecule has 1 aromatic rings. The number of hydrogen-bond donors (Lipinski definition) is 2. The Balaban J connectivity index is 2.14. The summed E-state index contributed by atoms with van der Waals surface area (Å²) in [5.41, 5.74) is 2.06. The maximum absolute atomic E-state index is 11.3. The molecule has 0 unspecified atom stereocenters. The standard InChI is InChI=1S/C12H19N3O2/c1-10-3-4-11(15-7-10)8-13-9-12(16)14-5-6-17-2/h3-4,7,13H,5-6,8-9H2,1-2H3,(H,14,16). The van der Waals surface area contributed by atoms with Crippen molar-refractivity contribution in [3.05, 3.63) is 29.6 Å². The average molecular weight is 237 g/mol. The Morgan fingerprint density at radius 1 is 1.47 bits per heavy atom. The minimum absolute atomic E-state index is 0.0332. The van der Waals surface area contributed by atoms with Gasteiger partial charge in [0, 0.05) is 26.4 Å². The Labute approximate surface area is 102 Å². The van der Waals surface area contributed by atoms with E-state index in [0.29, 0.717) is 26.2 Å². The maximum atomic E-state index is 11.3. The first-order chi connectivity index (χ1) is 8.22. The van der Waals surface area contributed by atoms with Crippen molar-refractivity contribution in [3.63, 3.8) is 0 Å². The molecule has 5 heteroatoms. The first-order valence-electron chi connectivity index (χ1n) is 5.60. The number of hydrogen-bond acceptors (Lipinski definition) is 4. The van der Waals surface area contributed by atoms with E-state index in [4.69, 9.17) is 4.74 Å². The monoisotopic (exact) mass is 237 g/mol. The molecule has 1 rings (SSSR count). The maximum Gasteiger partial charge on any atom is 0.234 e. The molecule has 0 saturated heterocycles. The number of ether oxygens (including phenoxy) is 1. The Hall–Kier alpha value is -1.46. The van der Waals surface area contributed by atoms with Gasteiger partial charge in [-0.1, -0.05) is 6.07 Å². The summed E-state index contributed by atoms with van der Waals surface area (Å²) in [6.07, 6.45) is 1.82. The lowest BCUT2D eigenvalue weighted by Crippen LogP contribution is -2.35. The fourth-order valence-corrected chi connectivity index (χ4v) is 1.26. The third kappa shape index (κ3) is 5.99. The van der Waals surface area contributed by atoms with Gasteiger partial charge in [-0.05, 0) is 18.6 Å². The summed E-state index contributed by atoms with van der Waals surface area (Å²) in [5.74, 6) is -0.0332. The van der Waals surface area contributed by atoms with Crippen LogP contribution >= 0.6 is 0 Å². The number of methoxy groups -OCH3 is 1. The van der Waals surface area contributed by atoms with Gasteiger partial charge in [0.05, 0.1) is 18.8 Å². The number of rotatable bonds is 7. The SMILES string of the molecule is COCCNC(=O)CNCc1ccc(C)cn1. The third-order valence-corrected chi connectivity index (χ3v) is 2.19. The average Bonchev–Trinajstić information content (AvgIpc) is 2.32. The lowest BCUT2D eigenvalue weighted by atomic mass is 10.3. The summed E-state index contributed by atoms with van der Waals surface area (Å²) >= 11 is 0. The second kappa shape index (κ2) is 7.76. The lowest BCUT2D eigenvalue weighted by molar-refractivity contribution is -0.120. The molecule has 0 atom stereocenters. The van der Waals surface area contributed by atoms with Crippen LogP contribution in [0.2, 0.25) is 0 Å². The Kier molecular flexibility index (Phi) is 6.21. The summed E-state index contributed by atoms with van der Waals surface area (Å²) < 4.78 is 4.83. The van der Waals surface area contributed by atoms with Crippen LogP contribution in [-0.4, -0.2) is 37.7 Å². The molecule has 17 heavy (non-hydrogen) atoms. The van der Waals surface area contributed by atoms with Gasteiger partial charge in [0.1, 0.15) is 0 Å².